The largest absolute Gasteiger partial charge is 0.493 e. The van der Waals surface area contributed by atoms with Crippen LogP contribution in [0.4, 0.5) is 4.39 Å². The quantitative estimate of drug-likeness (QED) is 0.896. The summed E-state index contributed by atoms with van der Waals surface area (Å²) in [6.07, 6.45) is 0.0546. The molecule has 2 aromatic carbocycles. The van der Waals surface area contributed by atoms with Crippen LogP contribution in [0.25, 0.3) is 0 Å². The Hall–Kier alpha value is -1.87. The number of halogens is 1. The Morgan fingerprint density at radius 1 is 1.16 bits per heavy atom. The van der Waals surface area contributed by atoms with E-state index in [1.54, 1.807) is 19.1 Å². The maximum Gasteiger partial charge on any atom is 0.126 e. The summed E-state index contributed by atoms with van der Waals surface area (Å²) < 4.78 is 19.0. The lowest BCUT2D eigenvalue weighted by atomic mass is 9.98. The Bertz CT molecular complexity index is 622. The first-order chi connectivity index (χ1) is 9.15. The number of benzene rings is 2. The summed E-state index contributed by atoms with van der Waals surface area (Å²) in [5, 5.41) is 10.3. The second kappa shape index (κ2) is 4.67. The number of hydrogen-bond acceptors (Lipinski definition) is 2. The third kappa shape index (κ3) is 2.22. The van der Waals surface area contributed by atoms with Crippen LogP contribution < -0.4 is 4.74 Å². The van der Waals surface area contributed by atoms with Crippen molar-refractivity contribution >= 4 is 0 Å². The minimum absolute atomic E-state index is 0.291. The molecule has 2 nitrogen and oxygen atoms in total. The van der Waals surface area contributed by atoms with E-state index >= 15 is 0 Å². The lowest BCUT2D eigenvalue weighted by Gasteiger charge is -2.13. The number of aliphatic hydroxyl groups excluding tert-OH is 1. The highest BCUT2D eigenvalue weighted by Crippen LogP contribution is 2.30. The Balaban J connectivity index is 1.94. The predicted octanol–water partition coefficient (Wildman–Crippen LogP) is 3.15. The smallest absolute Gasteiger partial charge is 0.126 e. The molecule has 19 heavy (non-hydrogen) atoms. The number of aliphatic hydroxyl groups is 1. The number of fused-ring (bicyclic) bond motifs is 1. The van der Waals surface area contributed by atoms with Gasteiger partial charge < -0.3 is 9.84 Å². The molecular weight excluding hydrogens is 243 g/mol. The molecule has 0 spiro atoms. The zero-order valence-corrected chi connectivity index (χ0v) is 10.7. The van der Waals surface area contributed by atoms with Gasteiger partial charge in [-0.2, -0.15) is 0 Å². The number of aryl methyl sites for hydroxylation is 1. The van der Waals surface area contributed by atoms with Crippen molar-refractivity contribution in [3.8, 4) is 5.75 Å². The van der Waals surface area contributed by atoms with Crippen LogP contribution in [0.15, 0.2) is 36.4 Å². The monoisotopic (exact) mass is 258 g/mol. The first-order valence-electron chi connectivity index (χ1n) is 6.35. The van der Waals surface area contributed by atoms with Gasteiger partial charge >= 0.3 is 0 Å². The number of ether oxygens (including phenoxy) is 1. The van der Waals surface area contributed by atoms with E-state index in [0.717, 1.165) is 23.3 Å². The Kier molecular flexibility index (Phi) is 2.99. The van der Waals surface area contributed by atoms with Crippen molar-refractivity contribution in [2.45, 2.75) is 19.4 Å². The fraction of sp³-hybridized carbons (Fsp3) is 0.250. The van der Waals surface area contributed by atoms with Gasteiger partial charge in [0.1, 0.15) is 17.7 Å². The molecule has 98 valence electrons. The Morgan fingerprint density at radius 3 is 2.68 bits per heavy atom. The first-order valence-corrected chi connectivity index (χ1v) is 6.35. The topological polar surface area (TPSA) is 29.5 Å². The van der Waals surface area contributed by atoms with Crippen LogP contribution in [-0.2, 0) is 6.42 Å². The average molecular weight is 258 g/mol. The molecule has 0 aliphatic carbocycles. The van der Waals surface area contributed by atoms with Crippen molar-refractivity contribution in [3.05, 3.63) is 64.5 Å². The third-order valence-corrected chi connectivity index (χ3v) is 3.54. The summed E-state index contributed by atoms with van der Waals surface area (Å²) in [5.41, 5.74) is 3.02. The van der Waals surface area contributed by atoms with E-state index < -0.39 is 6.10 Å². The van der Waals surface area contributed by atoms with Gasteiger partial charge in [0.15, 0.2) is 0 Å². The molecule has 0 radical (unpaired) electrons. The average Bonchev–Trinajstić information content (AvgIpc) is 2.88. The van der Waals surface area contributed by atoms with Crippen LogP contribution in [0, 0.1) is 12.7 Å². The summed E-state index contributed by atoms with van der Waals surface area (Å²) in [6, 6.07) is 10.5. The third-order valence-electron chi connectivity index (χ3n) is 3.54. The van der Waals surface area contributed by atoms with E-state index in [-0.39, 0.29) is 5.82 Å². The zero-order chi connectivity index (χ0) is 13.4. The van der Waals surface area contributed by atoms with Gasteiger partial charge in [0.2, 0.25) is 0 Å². The summed E-state index contributed by atoms with van der Waals surface area (Å²) in [5.74, 6) is 0.590. The molecule has 1 atom stereocenters. The molecule has 0 amide bonds. The molecule has 2 aromatic rings. The first kappa shape index (κ1) is 12.2. The molecule has 0 fully saturated rings. The minimum atomic E-state index is -0.805. The van der Waals surface area contributed by atoms with Gasteiger partial charge in [0, 0.05) is 6.42 Å². The van der Waals surface area contributed by atoms with Crippen LogP contribution >= 0.6 is 0 Å². The maximum atomic E-state index is 13.5. The summed E-state index contributed by atoms with van der Waals surface area (Å²) in [6.45, 7) is 2.40. The van der Waals surface area contributed by atoms with E-state index in [1.807, 2.05) is 18.2 Å². The maximum absolute atomic E-state index is 13.5. The lowest BCUT2D eigenvalue weighted by molar-refractivity contribution is 0.219. The molecular formula is C16H15FO2. The van der Waals surface area contributed by atoms with E-state index in [4.69, 9.17) is 4.74 Å². The number of rotatable bonds is 2. The molecule has 1 N–H and O–H groups in total. The van der Waals surface area contributed by atoms with Crippen molar-refractivity contribution in [1.29, 1.82) is 0 Å². The van der Waals surface area contributed by atoms with Gasteiger partial charge in [-0.1, -0.05) is 18.2 Å². The highest BCUT2D eigenvalue weighted by atomic mass is 19.1. The molecule has 0 bridgehead atoms. The van der Waals surface area contributed by atoms with Crippen LogP contribution in [0.2, 0.25) is 0 Å². The highest BCUT2D eigenvalue weighted by Gasteiger charge is 2.17. The van der Waals surface area contributed by atoms with Gasteiger partial charge in [0.05, 0.1) is 6.61 Å². The molecule has 1 aliphatic heterocycles. The highest BCUT2D eigenvalue weighted by molar-refractivity contribution is 5.42. The molecule has 0 saturated carbocycles. The van der Waals surface area contributed by atoms with Gasteiger partial charge in [-0.05, 0) is 47.4 Å². The van der Waals surface area contributed by atoms with Crippen LogP contribution in [0.5, 0.6) is 5.75 Å². The van der Waals surface area contributed by atoms with E-state index in [1.165, 1.54) is 6.07 Å². The second-order valence-corrected chi connectivity index (χ2v) is 4.88. The van der Waals surface area contributed by atoms with Gasteiger partial charge in [0.25, 0.3) is 0 Å². The van der Waals surface area contributed by atoms with Crippen molar-refractivity contribution in [2.75, 3.05) is 6.61 Å². The molecule has 0 saturated heterocycles. The normalized spacial score (nSPS) is 14.9. The van der Waals surface area contributed by atoms with Crippen molar-refractivity contribution in [3.63, 3.8) is 0 Å². The fourth-order valence-electron chi connectivity index (χ4n) is 2.35. The second-order valence-electron chi connectivity index (χ2n) is 4.88. The lowest BCUT2D eigenvalue weighted by Crippen LogP contribution is -2.01. The molecule has 1 heterocycles. The van der Waals surface area contributed by atoms with E-state index in [2.05, 4.69) is 0 Å². The van der Waals surface area contributed by atoms with Gasteiger partial charge in [-0.3, -0.25) is 0 Å². The molecule has 1 unspecified atom stereocenters. The Labute approximate surface area is 111 Å². The minimum Gasteiger partial charge on any atom is -0.493 e. The van der Waals surface area contributed by atoms with Crippen molar-refractivity contribution in [2.24, 2.45) is 0 Å². The van der Waals surface area contributed by atoms with E-state index in [9.17, 15) is 9.50 Å². The number of hydrogen-bond donors (Lipinski definition) is 1. The standard InChI is InChI=1S/C16H15FO2/c1-10-2-3-13(9-14(10)17)16(18)12-4-5-15-11(8-12)6-7-19-15/h2-5,8-9,16,18H,6-7H2,1H3. The van der Waals surface area contributed by atoms with Crippen LogP contribution in [-0.4, -0.2) is 11.7 Å². The summed E-state index contributed by atoms with van der Waals surface area (Å²) in [4.78, 5) is 0. The zero-order valence-electron chi connectivity index (χ0n) is 10.7. The summed E-state index contributed by atoms with van der Waals surface area (Å²) >= 11 is 0. The van der Waals surface area contributed by atoms with Crippen molar-refractivity contribution in [1.82, 2.24) is 0 Å². The Morgan fingerprint density at radius 2 is 1.89 bits per heavy atom. The molecule has 0 aromatic heterocycles. The SMILES string of the molecule is Cc1ccc(C(O)c2ccc3c(c2)CCO3)cc1F. The van der Waals surface area contributed by atoms with E-state index in [0.29, 0.717) is 17.7 Å². The summed E-state index contributed by atoms with van der Waals surface area (Å²) in [7, 11) is 0. The molecule has 3 rings (SSSR count). The fourth-order valence-corrected chi connectivity index (χ4v) is 2.35. The van der Waals surface area contributed by atoms with Gasteiger partial charge in [-0.15, -0.1) is 0 Å². The van der Waals surface area contributed by atoms with Crippen LogP contribution in [0.3, 0.4) is 0 Å². The predicted molar refractivity (Wildman–Crippen MR) is 70.8 cm³/mol. The molecule has 3 heteroatoms. The van der Waals surface area contributed by atoms with Crippen LogP contribution in [0.1, 0.15) is 28.4 Å². The van der Waals surface area contributed by atoms with Crippen molar-refractivity contribution < 1.29 is 14.2 Å². The molecule has 1 aliphatic rings. The van der Waals surface area contributed by atoms with Gasteiger partial charge in [-0.25, -0.2) is 4.39 Å².